The van der Waals surface area contributed by atoms with Crippen molar-refractivity contribution in [2.75, 3.05) is 17.6 Å². The number of aromatic nitrogens is 6. The molecule has 18 heavy (non-hydrogen) atoms. The van der Waals surface area contributed by atoms with Crippen LogP contribution >= 0.6 is 0 Å². The van der Waals surface area contributed by atoms with Crippen LogP contribution in [0.15, 0.2) is 12.7 Å². The third kappa shape index (κ3) is 2.87. The monoisotopic (exact) mass is 249 g/mol. The summed E-state index contributed by atoms with van der Waals surface area (Å²) in [6.07, 6.45) is 2.95. The first-order chi connectivity index (χ1) is 8.65. The minimum Gasteiger partial charge on any atom is -0.370 e. The Bertz CT molecular complexity index is 538. The summed E-state index contributed by atoms with van der Waals surface area (Å²) >= 11 is 0. The van der Waals surface area contributed by atoms with Crippen molar-refractivity contribution in [2.45, 2.75) is 6.42 Å². The first kappa shape index (κ1) is 11.7. The Kier molecular flexibility index (Phi) is 3.27. The van der Waals surface area contributed by atoms with Crippen molar-refractivity contribution in [2.24, 2.45) is 5.73 Å². The lowest BCUT2D eigenvalue weighted by Crippen LogP contribution is -2.18. The molecule has 0 radical (unpaired) electrons. The van der Waals surface area contributed by atoms with Gasteiger partial charge in [0.1, 0.15) is 12.7 Å². The highest BCUT2D eigenvalue weighted by Gasteiger charge is 2.06. The number of carbonyl (C=O) groups is 1. The predicted molar refractivity (Wildman–Crippen MR) is 61.5 cm³/mol. The predicted octanol–water partition coefficient (Wildman–Crippen LogP) is -1.68. The van der Waals surface area contributed by atoms with Crippen molar-refractivity contribution in [3.05, 3.63) is 12.7 Å². The molecule has 10 nitrogen and oxygen atoms in total. The van der Waals surface area contributed by atoms with Gasteiger partial charge in [-0.1, -0.05) is 0 Å². The van der Waals surface area contributed by atoms with Crippen LogP contribution in [0, 0.1) is 0 Å². The van der Waals surface area contributed by atoms with Crippen LogP contribution in [0.1, 0.15) is 6.42 Å². The van der Waals surface area contributed by atoms with Crippen LogP contribution in [0.5, 0.6) is 0 Å². The topological polar surface area (TPSA) is 151 Å². The average Bonchev–Trinajstić information content (AvgIpc) is 2.81. The molecule has 94 valence electrons. The standard InChI is InChI=1S/C8H11N9O/c9-5(18)1-2-12-7-14-6(10)15-8(16-7)17-4-11-3-13-17/h3-4H,1-2H2,(H2,9,18)(H3,10,12,14,15,16). The second-order valence-corrected chi connectivity index (χ2v) is 3.30. The number of primary amides is 1. The summed E-state index contributed by atoms with van der Waals surface area (Å²) in [6.45, 7) is 0.315. The lowest BCUT2D eigenvalue weighted by molar-refractivity contribution is -0.117. The van der Waals surface area contributed by atoms with Gasteiger partial charge in [0.25, 0.3) is 5.95 Å². The molecule has 0 spiro atoms. The number of hydrogen-bond acceptors (Lipinski definition) is 8. The van der Waals surface area contributed by atoms with Gasteiger partial charge in [-0.15, -0.1) is 0 Å². The molecule has 2 aromatic rings. The molecule has 0 aliphatic rings. The van der Waals surface area contributed by atoms with Gasteiger partial charge in [0.05, 0.1) is 0 Å². The average molecular weight is 249 g/mol. The van der Waals surface area contributed by atoms with E-state index in [2.05, 4.69) is 30.4 Å². The molecule has 0 fully saturated rings. The highest BCUT2D eigenvalue weighted by molar-refractivity contribution is 5.74. The summed E-state index contributed by atoms with van der Waals surface area (Å²) in [5.41, 5.74) is 10.6. The maximum absolute atomic E-state index is 10.6. The summed E-state index contributed by atoms with van der Waals surface area (Å²) < 4.78 is 1.34. The first-order valence-corrected chi connectivity index (χ1v) is 5.04. The number of anilines is 2. The molecule has 0 atom stereocenters. The van der Waals surface area contributed by atoms with E-state index >= 15 is 0 Å². The van der Waals surface area contributed by atoms with Crippen LogP contribution in [-0.4, -0.2) is 42.2 Å². The fraction of sp³-hybridized carbons (Fsp3) is 0.250. The van der Waals surface area contributed by atoms with Crippen molar-refractivity contribution in [3.63, 3.8) is 0 Å². The van der Waals surface area contributed by atoms with Gasteiger partial charge in [-0.3, -0.25) is 4.79 Å². The van der Waals surface area contributed by atoms with Gasteiger partial charge >= 0.3 is 0 Å². The number of hydrogen-bond donors (Lipinski definition) is 3. The Morgan fingerprint density at radius 1 is 1.39 bits per heavy atom. The zero-order valence-corrected chi connectivity index (χ0v) is 9.32. The van der Waals surface area contributed by atoms with Gasteiger partial charge in [-0.05, 0) is 0 Å². The van der Waals surface area contributed by atoms with E-state index in [0.717, 1.165) is 0 Å². The third-order valence-electron chi connectivity index (χ3n) is 1.92. The van der Waals surface area contributed by atoms with Crippen LogP contribution in [0.4, 0.5) is 11.9 Å². The van der Waals surface area contributed by atoms with Crippen LogP contribution in [0.2, 0.25) is 0 Å². The molecule has 2 heterocycles. The van der Waals surface area contributed by atoms with Gasteiger partial charge < -0.3 is 16.8 Å². The van der Waals surface area contributed by atoms with Crippen LogP contribution in [-0.2, 0) is 4.79 Å². The summed E-state index contributed by atoms with van der Waals surface area (Å²) in [4.78, 5) is 26.2. The third-order valence-corrected chi connectivity index (χ3v) is 1.92. The Morgan fingerprint density at radius 2 is 2.22 bits per heavy atom. The molecule has 0 saturated heterocycles. The lowest BCUT2D eigenvalue weighted by atomic mass is 10.4. The van der Waals surface area contributed by atoms with Gasteiger partial charge in [0.15, 0.2) is 0 Å². The van der Waals surface area contributed by atoms with Crippen molar-refractivity contribution in [1.29, 1.82) is 0 Å². The number of nitrogens with zero attached hydrogens (tertiary/aromatic N) is 6. The number of nitrogens with one attached hydrogen (secondary N) is 1. The quantitative estimate of drug-likeness (QED) is 0.568. The van der Waals surface area contributed by atoms with Crippen molar-refractivity contribution in [1.82, 2.24) is 29.7 Å². The molecule has 10 heteroatoms. The number of carbonyl (C=O) groups excluding carboxylic acids is 1. The maximum atomic E-state index is 10.6. The molecule has 0 bridgehead atoms. The number of amides is 1. The van der Waals surface area contributed by atoms with E-state index in [4.69, 9.17) is 11.5 Å². The molecule has 0 unspecified atom stereocenters. The highest BCUT2D eigenvalue weighted by Crippen LogP contribution is 2.05. The van der Waals surface area contributed by atoms with E-state index in [1.807, 2.05) is 0 Å². The second kappa shape index (κ2) is 5.03. The molecule has 2 rings (SSSR count). The number of rotatable bonds is 5. The smallest absolute Gasteiger partial charge is 0.258 e. The Labute approximate surface area is 101 Å². The zero-order chi connectivity index (χ0) is 13.0. The second-order valence-electron chi connectivity index (χ2n) is 3.30. The van der Waals surface area contributed by atoms with Crippen LogP contribution in [0.3, 0.4) is 0 Å². The van der Waals surface area contributed by atoms with Crippen molar-refractivity contribution in [3.8, 4) is 5.95 Å². The molecule has 0 aliphatic heterocycles. The molecule has 2 aromatic heterocycles. The minimum atomic E-state index is -0.416. The fourth-order valence-corrected chi connectivity index (χ4v) is 1.17. The molecule has 0 saturated carbocycles. The summed E-state index contributed by atoms with van der Waals surface area (Å²) in [7, 11) is 0. The number of nitrogen functional groups attached to an aromatic ring is 1. The van der Waals surface area contributed by atoms with E-state index in [1.165, 1.54) is 17.3 Å². The van der Waals surface area contributed by atoms with Crippen molar-refractivity contribution < 1.29 is 4.79 Å². The van der Waals surface area contributed by atoms with E-state index in [0.29, 0.717) is 6.54 Å². The van der Waals surface area contributed by atoms with E-state index in [9.17, 15) is 4.79 Å². The number of nitrogens with two attached hydrogens (primary N) is 2. The van der Waals surface area contributed by atoms with Gasteiger partial charge in [0, 0.05) is 13.0 Å². The van der Waals surface area contributed by atoms with Gasteiger partial charge in [-0.2, -0.15) is 24.7 Å². The normalized spacial score (nSPS) is 10.2. The van der Waals surface area contributed by atoms with Gasteiger partial charge in [-0.25, -0.2) is 4.98 Å². The van der Waals surface area contributed by atoms with E-state index in [1.54, 1.807) is 0 Å². The fourth-order valence-electron chi connectivity index (χ4n) is 1.17. The summed E-state index contributed by atoms with van der Waals surface area (Å²) in [5, 5.41) is 6.69. The van der Waals surface area contributed by atoms with E-state index < -0.39 is 5.91 Å². The van der Waals surface area contributed by atoms with Gasteiger partial charge in [0.2, 0.25) is 17.8 Å². The Hall–Kier alpha value is -2.78. The highest BCUT2D eigenvalue weighted by atomic mass is 16.1. The molecular weight excluding hydrogens is 238 g/mol. The largest absolute Gasteiger partial charge is 0.370 e. The van der Waals surface area contributed by atoms with Crippen LogP contribution < -0.4 is 16.8 Å². The lowest BCUT2D eigenvalue weighted by Gasteiger charge is -2.05. The summed E-state index contributed by atoms with van der Waals surface area (Å²) in [6, 6.07) is 0. The maximum Gasteiger partial charge on any atom is 0.258 e. The summed E-state index contributed by atoms with van der Waals surface area (Å²) in [5.74, 6) is 0.105. The zero-order valence-electron chi connectivity index (χ0n) is 9.32. The molecule has 5 N–H and O–H groups in total. The SMILES string of the molecule is NC(=O)CCNc1nc(N)nc(-n2cncn2)n1. The Balaban J connectivity index is 2.14. The molecular formula is C8H11N9O. The molecule has 0 aliphatic carbocycles. The van der Waals surface area contributed by atoms with E-state index in [-0.39, 0.29) is 24.3 Å². The van der Waals surface area contributed by atoms with Crippen LogP contribution in [0.25, 0.3) is 5.95 Å². The Morgan fingerprint density at radius 3 is 2.89 bits per heavy atom. The minimum absolute atomic E-state index is 0.0390. The first-order valence-electron chi connectivity index (χ1n) is 5.04. The molecule has 0 aromatic carbocycles. The van der Waals surface area contributed by atoms with Crippen molar-refractivity contribution >= 4 is 17.8 Å². The molecule has 1 amide bonds.